The Balaban J connectivity index is 2.07. The van der Waals surface area contributed by atoms with Gasteiger partial charge in [-0.15, -0.1) is 0 Å². The SMILES string of the molecule is CC1CN(c2ccn(C)n2)CC1OS(C)(=O)=O. The zero-order chi connectivity index (χ0) is 12.6. The highest BCUT2D eigenvalue weighted by atomic mass is 32.2. The molecule has 1 aromatic heterocycles. The maximum atomic E-state index is 11.1. The topological polar surface area (TPSA) is 64.4 Å². The predicted octanol–water partition coefficient (Wildman–Crippen LogP) is 0.221. The summed E-state index contributed by atoms with van der Waals surface area (Å²) in [6.45, 7) is 3.31. The number of nitrogens with zero attached hydrogens (tertiary/aromatic N) is 3. The van der Waals surface area contributed by atoms with Crippen molar-refractivity contribution >= 4 is 15.9 Å². The van der Waals surface area contributed by atoms with Gasteiger partial charge in [-0.2, -0.15) is 13.5 Å². The summed E-state index contributed by atoms with van der Waals surface area (Å²) in [5.41, 5.74) is 0. The summed E-state index contributed by atoms with van der Waals surface area (Å²) in [4.78, 5) is 2.04. The summed E-state index contributed by atoms with van der Waals surface area (Å²) in [5.74, 6) is 1.03. The van der Waals surface area contributed by atoms with Crippen LogP contribution in [0.5, 0.6) is 0 Å². The Kier molecular flexibility index (Phi) is 3.13. The van der Waals surface area contributed by atoms with Gasteiger partial charge < -0.3 is 4.90 Å². The summed E-state index contributed by atoms with van der Waals surface area (Å²) in [6.07, 6.45) is 2.67. The lowest BCUT2D eigenvalue weighted by Gasteiger charge is -2.14. The minimum atomic E-state index is -3.39. The van der Waals surface area contributed by atoms with Crippen LogP contribution in [-0.2, 0) is 21.3 Å². The third-order valence-electron chi connectivity index (χ3n) is 2.87. The maximum absolute atomic E-state index is 11.1. The highest BCUT2D eigenvalue weighted by Gasteiger charge is 2.33. The zero-order valence-electron chi connectivity index (χ0n) is 10.2. The molecule has 2 rings (SSSR count). The number of aryl methyl sites for hydroxylation is 1. The fraction of sp³-hybridized carbons (Fsp3) is 0.700. The molecule has 2 unspecified atom stereocenters. The molecule has 0 N–H and O–H groups in total. The molecule has 1 fully saturated rings. The van der Waals surface area contributed by atoms with Gasteiger partial charge in [0.1, 0.15) is 0 Å². The fourth-order valence-electron chi connectivity index (χ4n) is 2.05. The van der Waals surface area contributed by atoms with Gasteiger partial charge in [-0.3, -0.25) is 8.86 Å². The van der Waals surface area contributed by atoms with E-state index in [1.165, 1.54) is 0 Å². The van der Waals surface area contributed by atoms with Crippen LogP contribution < -0.4 is 4.90 Å². The van der Waals surface area contributed by atoms with Crippen molar-refractivity contribution in [3.63, 3.8) is 0 Å². The van der Waals surface area contributed by atoms with Gasteiger partial charge in [-0.05, 0) is 0 Å². The van der Waals surface area contributed by atoms with Crippen LogP contribution in [0.1, 0.15) is 6.92 Å². The van der Waals surface area contributed by atoms with Crippen LogP contribution in [0, 0.1) is 5.92 Å². The minimum Gasteiger partial charge on any atom is -0.352 e. The molecule has 6 nitrogen and oxygen atoms in total. The van der Waals surface area contributed by atoms with Gasteiger partial charge in [0.05, 0.1) is 12.4 Å². The average molecular weight is 259 g/mol. The number of hydrogen-bond donors (Lipinski definition) is 0. The fourth-order valence-corrected chi connectivity index (χ4v) is 2.74. The van der Waals surface area contributed by atoms with E-state index in [0.717, 1.165) is 18.6 Å². The summed E-state index contributed by atoms with van der Waals surface area (Å²) >= 11 is 0. The van der Waals surface area contributed by atoms with Crippen LogP contribution in [0.15, 0.2) is 12.3 Å². The number of hydrogen-bond acceptors (Lipinski definition) is 5. The van der Waals surface area contributed by atoms with Crippen LogP contribution >= 0.6 is 0 Å². The first-order valence-corrected chi connectivity index (χ1v) is 7.29. The Morgan fingerprint density at radius 1 is 1.47 bits per heavy atom. The van der Waals surface area contributed by atoms with Gasteiger partial charge in [-0.25, -0.2) is 0 Å². The van der Waals surface area contributed by atoms with Crippen molar-refractivity contribution in [3.05, 3.63) is 12.3 Å². The van der Waals surface area contributed by atoms with Crippen LogP contribution in [0.3, 0.4) is 0 Å². The van der Waals surface area contributed by atoms with E-state index in [1.807, 2.05) is 31.1 Å². The molecule has 1 aliphatic heterocycles. The molecular weight excluding hydrogens is 242 g/mol. The molecule has 17 heavy (non-hydrogen) atoms. The van der Waals surface area contributed by atoms with E-state index in [9.17, 15) is 8.42 Å². The largest absolute Gasteiger partial charge is 0.352 e. The maximum Gasteiger partial charge on any atom is 0.264 e. The first-order chi connectivity index (χ1) is 7.85. The second-order valence-corrected chi connectivity index (χ2v) is 6.17. The number of rotatable bonds is 3. The molecule has 0 aromatic carbocycles. The van der Waals surface area contributed by atoms with Crippen molar-refractivity contribution < 1.29 is 12.6 Å². The van der Waals surface area contributed by atoms with Crippen molar-refractivity contribution in [3.8, 4) is 0 Å². The summed E-state index contributed by atoms with van der Waals surface area (Å²) in [7, 11) is -1.54. The van der Waals surface area contributed by atoms with Crippen LogP contribution in [-0.4, -0.2) is 43.6 Å². The van der Waals surface area contributed by atoms with E-state index in [0.29, 0.717) is 6.54 Å². The average Bonchev–Trinajstić information content (AvgIpc) is 2.72. The van der Waals surface area contributed by atoms with E-state index < -0.39 is 10.1 Å². The van der Waals surface area contributed by atoms with Gasteiger partial charge in [0.25, 0.3) is 10.1 Å². The third-order valence-corrected chi connectivity index (χ3v) is 3.46. The van der Waals surface area contributed by atoms with Crippen molar-refractivity contribution in [2.24, 2.45) is 13.0 Å². The molecule has 1 aromatic rings. The quantitative estimate of drug-likeness (QED) is 0.727. The molecule has 2 heterocycles. The van der Waals surface area contributed by atoms with Crippen LogP contribution in [0.4, 0.5) is 5.82 Å². The standard InChI is InChI=1S/C10H17N3O3S/c1-8-6-13(10-4-5-12(2)11-10)7-9(8)16-17(3,14)15/h4-5,8-9H,6-7H2,1-3H3. The lowest BCUT2D eigenvalue weighted by Crippen LogP contribution is -2.25. The van der Waals surface area contributed by atoms with Crippen molar-refractivity contribution in [2.45, 2.75) is 13.0 Å². The highest BCUT2D eigenvalue weighted by molar-refractivity contribution is 7.86. The lowest BCUT2D eigenvalue weighted by molar-refractivity contribution is 0.192. The Morgan fingerprint density at radius 2 is 2.18 bits per heavy atom. The predicted molar refractivity (Wildman–Crippen MR) is 64.3 cm³/mol. The van der Waals surface area contributed by atoms with E-state index in [-0.39, 0.29) is 12.0 Å². The van der Waals surface area contributed by atoms with Gasteiger partial charge in [0.15, 0.2) is 5.82 Å². The van der Waals surface area contributed by atoms with E-state index in [1.54, 1.807) is 4.68 Å². The second kappa shape index (κ2) is 4.30. The lowest BCUT2D eigenvalue weighted by atomic mass is 10.1. The zero-order valence-corrected chi connectivity index (χ0v) is 11.0. The van der Waals surface area contributed by atoms with E-state index in [2.05, 4.69) is 5.10 Å². The molecule has 96 valence electrons. The smallest absolute Gasteiger partial charge is 0.264 e. The van der Waals surface area contributed by atoms with Crippen LogP contribution in [0.2, 0.25) is 0 Å². The number of anilines is 1. The normalized spacial score (nSPS) is 25.5. The third kappa shape index (κ3) is 2.98. The molecular formula is C10H17N3O3S. The molecule has 0 spiro atoms. The van der Waals surface area contributed by atoms with Gasteiger partial charge >= 0.3 is 0 Å². The summed E-state index contributed by atoms with van der Waals surface area (Å²) < 4.78 is 29.0. The molecule has 0 bridgehead atoms. The van der Waals surface area contributed by atoms with Crippen molar-refractivity contribution in [2.75, 3.05) is 24.2 Å². The minimum absolute atomic E-state index is 0.173. The summed E-state index contributed by atoms with van der Waals surface area (Å²) in [5, 5.41) is 4.30. The van der Waals surface area contributed by atoms with Crippen LogP contribution in [0.25, 0.3) is 0 Å². The summed E-state index contributed by atoms with van der Waals surface area (Å²) in [6, 6.07) is 1.91. The molecule has 0 amide bonds. The molecule has 7 heteroatoms. The van der Waals surface area contributed by atoms with Crippen molar-refractivity contribution in [1.82, 2.24) is 9.78 Å². The monoisotopic (exact) mass is 259 g/mol. The van der Waals surface area contributed by atoms with Gasteiger partial charge in [0.2, 0.25) is 0 Å². The Bertz CT molecular complexity index is 497. The Morgan fingerprint density at radius 3 is 2.71 bits per heavy atom. The molecule has 2 atom stereocenters. The Labute approximate surface area is 101 Å². The molecule has 1 aliphatic rings. The first-order valence-electron chi connectivity index (χ1n) is 5.48. The first kappa shape index (κ1) is 12.4. The molecule has 0 aliphatic carbocycles. The number of aromatic nitrogens is 2. The van der Waals surface area contributed by atoms with E-state index >= 15 is 0 Å². The molecule has 1 saturated heterocycles. The molecule has 0 saturated carbocycles. The van der Waals surface area contributed by atoms with Gasteiger partial charge in [-0.1, -0.05) is 6.92 Å². The van der Waals surface area contributed by atoms with E-state index in [4.69, 9.17) is 4.18 Å². The highest BCUT2D eigenvalue weighted by Crippen LogP contribution is 2.25. The van der Waals surface area contributed by atoms with Crippen molar-refractivity contribution in [1.29, 1.82) is 0 Å². The molecule has 0 radical (unpaired) electrons. The second-order valence-electron chi connectivity index (χ2n) is 4.57. The Hall–Kier alpha value is -1.08. The van der Waals surface area contributed by atoms with Gasteiger partial charge in [0, 0.05) is 38.3 Å².